The van der Waals surface area contributed by atoms with Gasteiger partial charge in [-0.05, 0) is 66.6 Å². The molecule has 0 atom stereocenters. The highest BCUT2D eigenvalue weighted by Gasteiger charge is 2.76. The highest BCUT2D eigenvalue weighted by molar-refractivity contribution is 14.1. The minimum absolute atomic E-state index is 0.0626. The molecule has 2 aromatic rings. The van der Waals surface area contributed by atoms with Crippen molar-refractivity contribution in [3.63, 3.8) is 0 Å². The molecule has 0 saturated heterocycles. The molecule has 6 nitrogen and oxygen atoms in total. The number of amides is 2. The summed E-state index contributed by atoms with van der Waals surface area (Å²) in [5.41, 5.74) is 1.88. The molecule has 0 fully saturated rings. The number of benzene rings is 1. The van der Waals surface area contributed by atoms with E-state index in [4.69, 9.17) is 4.42 Å². The summed E-state index contributed by atoms with van der Waals surface area (Å²) < 4.78 is 96.6. The van der Waals surface area contributed by atoms with Crippen molar-refractivity contribution in [2.24, 2.45) is 5.10 Å². The van der Waals surface area contributed by atoms with Gasteiger partial charge in [0.05, 0.1) is 5.71 Å². The summed E-state index contributed by atoms with van der Waals surface area (Å²) >= 11 is 2.08. The molecule has 184 valence electrons. The van der Waals surface area contributed by atoms with Crippen molar-refractivity contribution in [1.82, 2.24) is 5.43 Å². The van der Waals surface area contributed by atoms with E-state index < -0.39 is 29.8 Å². The van der Waals surface area contributed by atoms with Crippen molar-refractivity contribution in [3.05, 3.63) is 50.5 Å². The summed E-state index contributed by atoms with van der Waals surface area (Å²) in [6, 6.07) is 6.80. The number of hydrogen-bond acceptors (Lipinski definition) is 4. The summed E-state index contributed by atoms with van der Waals surface area (Å²) in [7, 11) is 0. The van der Waals surface area contributed by atoms with Crippen LogP contribution in [0.1, 0.15) is 40.3 Å². The molecule has 0 radical (unpaired) electrons. The van der Waals surface area contributed by atoms with E-state index in [-0.39, 0.29) is 34.8 Å². The van der Waals surface area contributed by atoms with Crippen molar-refractivity contribution >= 4 is 45.8 Å². The van der Waals surface area contributed by atoms with E-state index in [9.17, 15) is 40.3 Å². The second-order valence-electron chi connectivity index (χ2n) is 7.31. The fourth-order valence-corrected chi connectivity index (χ4v) is 3.59. The van der Waals surface area contributed by atoms with Crippen molar-refractivity contribution in [3.8, 4) is 0 Å². The zero-order chi connectivity index (χ0) is 25.5. The number of anilines is 1. The number of carbonyl (C=O) groups is 2. The number of carbonyl (C=O) groups excluding carboxylic acids is 2. The molecule has 1 aliphatic carbocycles. The number of aryl methyl sites for hydroxylation is 1. The molecule has 1 aliphatic rings. The molecule has 1 aromatic heterocycles. The number of nitrogens with one attached hydrogen (secondary N) is 2. The zero-order valence-electron chi connectivity index (χ0n) is 17.1. The Bertz CT molecular complexity index is 1140. The van der Waals surface area contributed by atoms with Crippen LogP contribution in [0.4, 0.5) is 36.4 Å². The van der Waals surface area contributed by atoms with Crippen LogP contribution >= 0.6 is 22.6 Å². The molecule has 34 heavy (non-hydrogen) atoms. The second kappa shape index (κ2) is 9.19. The second-order valence-corrected chi connectivity index (χ2v) is 8.56. The van der Waals surface area contributed by atoms with E-state index in [1.807, 2.05) is 0 Å². The quantitative estimate of drug-likeness (QED) is 0.271. The Labute approximate surface area is 201 Å². The van der Waals surface area contributed by atoms with Gasteiger partial charge in [0.15, 0.2) is 5.76 Å². The Morgan fingerprint density at radius 3 is 2.24 bits per heavy atom. The van der Waals surface area contributed by atoms with E-state index in [0.717, 1.165) is 9.00 Å². The van der Waals surface area contributed by atoms with Crippen LogP contribution < -0.4 is 10.7 Å². The van der Waals surface area contributed by atoms with Gasteiger partial charge in [0.1, 0.15) is 5.76 Å². The first kappa shape index (κ1) is 26.0. The Morgan fingerprint density at radius 2 is 1.65 bits per heavy atom. The maximum Gasteiger partial charge on any atom is 0.460 e. The highest BCUT2D eigenvalue weighted by atomic mass is 127. The number of hydrazone groups is 1. The molecule has 0 spiro atoms. The zero-order valence-corrected chi connectivity index (χ0v) is 19.3. The third-order valence-electron chi connectivity index (χ3n) is 4.96. The number of rotatable bonds is 5. The third-order valence-corrected chi connectivity index (χ3v) is 5.68. The topological polar surface area (TPSA) is 83.7 Å². The standard InChI is InChI=1S/C20H15F7IN3O3/c1-9-14-12(30-31-17(33)18(21,22)19(23,24)20(25,26)27)3-2-4-13(14)34-15(9)16(32)29-11-7-5-10(28)6-8-11/h5-8H,2-4H2,1H3,(H,29,32)(H,31,33)/b30-12+. The van der Waals surface area contributed by atoms with Gasteiger partial charge in [0.2, 0.25) is 0 Å². The first-order valence-electron chi connectivity index (χ1n) is 9.55. The normalized spacial score (nSPS) is 15.7. The van der Waals surface area contributed by atoms with Crippen LogP contribution in [0.3, 0.4) is 0 Å². The lowest BCUT2D eigenvalue weighted by Crippen LogP contribution is -2.58. The first-order valence-corrected chi connectivity index (χ1v) is 10.6. The smallest absolute Gasteiger partial charge is 0.455 e. The fraction of sp³-hybridized carbons (Fsp3) is 0.350. The van der Waals surface area contributed by atoms with Crippen LogP contribution in [0.15, 0.2) is 33.8 Å². The molecule has 2 N–H and O–H groups in total. The van der Waals surface area contributed by atoms with E-state index in [2.05, 4.69) is 33.0 Å². The molecule has 2 amide bonds. The van der Waals surface area contributed by atoms with Gasteiger partial charge in [-0.25, -0.2) is 5.43 Å². The monoisotopic (exact) mass is 605 g/mol. The lowest BCUT2D eigenvalue weighted by molar-refractivity contribution is -0.344. The van der Waals surface area contributed by atoms with E-state index in [1.165, 1.54) is 6.92 Å². The van der Waals surface area contributed by atoms with Crippen LogP contribution in [0.2, 0.25) is 0 Å². The molecule has 1 heterocycles. The van der Waals surface area contributed by atoms with E-state index in [1.54, 1.807) is 24.3 Å². The average molecular weight is 605 g/mol. The molecular formula is C20H15F7IN3O3. The van der Waals surface area contributed by atoms with Crippen LogP contribution in [0.5, 0.6) is 0 Å². The maximum atomic E-state index is 13.5. The Kier molecular flexibility index (Phi) is 7.01. The minimum atomic E-state index is -6.65. The number of hydrogen-bond donors (Lipinski definition) is 2. The van der Waals surface area contributed by atoms with Gasteiger partial charge in [-0.2, -0.15) is 35.8 Å². The Hall–Kier alpha value is -2.65. The fourth-order valence-electron chi connectivity index (χ4n) is 3.23. The lowest BCUT2D eigenvalue weighted by Gasteiger charge is -2.26. The maximum absolute atomic E-state index is 13.5. The van der Waals surface area contributed by atoms with Gasteiger partial charge in [-0.1, -0.05) is 0 Å². The lowest BCUT2D eigenvalue weighted by atomic mass is 9.93. The summed E-state index contributed by atoms with van der Waals surface area (Å²) in [5.74, 6) is -16.2. The minimum Gasteiger partial charge on any atom is -0.455 e. The van der Waals surface area contributed by atoms with Crippen LogP contribution in [0.25, 0.3) is 0 Å². The molecule has 0 saturated carbocycles. The van der Waals surface area contributed by atoms with Gasteiger partial charge in [-0.15, -0.1) is 0 Å². The summed E-state index contributed by atoms with van der Waals surface area (Å²) in [6.45, 7) is 1.46. The summed E-state index contributed by atoms with van der Waals surface area (Å²) in [4.78, 5) is 24.1. The molecule has 0 unspecified atom stereocenters. The molecule has 1 aromatic carbocycles. The summed E-state index contributed by atoms with van der Waals surface area (Å²) in [6.07, 6.45) is -5.93. The molecule has 0 bridgehead atoms. The van der Waals surface area contributed by atoms with Gasteiger partial charge >= 0.3 is 23.9 Å². The van der Waals surface area contributed by atoms with Crippen LogP contribution in [-0.2, 0) is 11.2 Å². The predicted octanol–water partition coefficient (Wildman–Crippen LogP) is 5.43. The third kappa shape index (κ3) is 4.77. The summed E-state index contributed by atoms with van der Waals surface area (Å²) in [5, 5.41) is 5.97. The van der Waals surface area contributed by atoms with Gasteiger partial charge in [-0.3, -0.25) is 9.59 Å². The van der Waals surface area contributed by atoms with Crippen molar-refractivity contribution in [2.45, 2.75) is 44.2 Å². The molecule has 3 rings (SSSR count). The van der Waals surface area contributed by atoms with Crippen molar-refractivity contribution in [1.29, 1.82) is 0 Å². The van der Waals surface area contributed by atoms with E-state index >= 15 is 0 Å². The van der Waals surface area contributed by atoms with Crippen molar-refractivity contribution < 1.29 is 44.7 Å². The van der Waals surface area contributed by atoms with Gasteiger partial charge in [0, 0.05) is 26.8 Å². The van der Waals surface area contributed by atoms with Gasteiger partial charge in [0.25, 0.3) is 5.91 Å². The number of halogens is 8. The highest BCUT2D eigenvalue weighted by Crippen LogP contribution is 2.46. The number of alkyl halides is 7. The van der Waals surface area contributed by atoms with Crippen LogP contribution in [-0.4, -0.2) is 35.5 Å². The predicted molar refractivity (Wildman–Crippen MR) is 114 cm³/mol. The van der Waals surface area contributed by atoms with Crippen molar-refractivity contribution in [2.75, 3.05) is 5.32 Å². The number of furan rings is 1. The van der Waals surface area contributed by atoms with Crippen LogP contribution in [0, 0.1) is 10.5 Å². The largest absolute Gasteiger partial charge is 0.460 e. The molecule has 14 heteroatoms. The van der Waals surface area contributed by atoms with Gasteiger partial charge < -0.3 is 9.73 Å². The SMILES string of the molecule is Cc1c(C(=O)Nc2ccc(I)cc2)oc2c1/C(=N/NC(=O)C(F)(F)C(F)(F)C(F)(F)F)CCC2. The number of nitrogens with zero attached hydrogens (tertiary/aromatic N) is 1. The Morgan fingerprint density at radius 1 is 1.03 bits per heavy atom. The molecular weight excluding hydrogens is 590 g/mol. The Balaban J connectivity index is 1.85. The number of fused-ring (bicyclic) bond motifs is 1. The molecule has 0 aliphatic heterocycles. The first-order chi connectivity index (χ1) is 15.7. The average Bonchev–Trinajstić information content (AvgIpc) is 3.10. The van der Waals surface area contributed by atoms with E-state index in [0.29, 0.717) is 18.5 Å².